The van der Waals surface area contributed by atoms with E-state index in [1.54, 1.807) is 62.3 Å². The van der Waals surface area contributed by atoms with Crippen LogP contribution in [0, 0.1) is 37.0 Å². The van der Waals surface area contributed by atoms with Gasteiger partial charge >= 0.3 is 29.8 Å². The van der Waals surface area contributed by atoms with Crippen LogP contribution in [0.2, 0.25) is 0 Å². The maximum atomic E-state index is 10.9. The van der Waals surface area contributed by atoms with Gasteiger partial charge in [0.1, 0.15) is 28.8 Å². The molecule has 0 aliphatic rings. The Labute approximate surface area is 290 Å². The Morgan fingerprint density at radius 2 is 1.08 bits per heavy atom. The van der Waals surface area contributed by atoms with E-state index in [-0.39, 0.29) is 36.4 Å². The van der Waals surface area contributed by atoms with E-state index in [9.17, 15) is 24.0 Å². The third-order valence-electron chi connectivity index (χ3n) is 3.34. The lowest BCUT2D eigenvalue weighted by Crippen LogP contribution is -2.23. The molecule has 0 radical (unpaired) electrons. The van der Waals surface area contributed by atoms with Gasteiger partial charge in [0.2, 0.25) is 0 Å². The Morgan fingerprint density at radius 3 is 1.29 bits per heavy atom. The number of carbonyl (C=O) groups excluding carboxylic acids is 5. The fourth-order valence-corrected chi connectivity index (χ4v) is 1.98. The lowest BCUT2D eigenvalue weighted by molar-refractivity contribution is -0.155. The summed E-state index contributed by atoms with van der Waals surface area (Å²) in [6.45, 7) is 33.6. The average Bonchev–Trinajstić information content (AvgIpc) is 2.84. The largest absolute Gasteiger partial charge is 0.460 e. The minimum atomic E-state index is -0.609. The minimum absolute atomic E-state index is 0.0412. The molecule has 0 saturated heterocycles. The lowest BCUT2D eigenvalue weighted by atomic mass is 10.2. The summed E-state index contributed by atoms with van der Waals surface area (Å²) in [5.41, 5.74) is -1.26. The van der Waals surface area contributed by atoms with E-state index in [1.165, 1.54) is 0 Å². The maximum absolute atomic E-state index is 10.9. The Kier molecular flexibility index (Phi) is 29.3. The smallest absolute Gasteiger partial charge is 0.384 e. The number of hydrogen-bond acceptors (Lipinski definition) is 10. The number of hydrogen-bond donors (Lipinski definition) is 0. The van der Waals surface area contributed by atoms with Crippen molar-refractivity contribution < 1.29 is 47.7 Å². The zero-order valence-corrected chi connectivity index (χ0v) is 32.0. The molecule has 0 atom stereocenters. The van der Waals surface area contributed by atoms with Crippen molar-refractivity contribution in [2.24, 2.45) is 0 Å². The highest BCUT2D eigenvalue weighted by atomic mass is 16.6. The summed E-state index contributed by atoms with van der Waals surface area (Å²) >= 11 is 0. The first-order valence-electron chi connectivity index (χ1n) is 15.1. The second-order valence-electron chi connectivity index (χ2n) is 13.9. The Balaban J connectivity index is -0.000000161. The number of ether oxygens (including phenoxy) is 5. The average molecular weight is 677 g/mol. The van der Waals surface area contributed by atoms with Crippen molar-refractivity contribution >= 4 is 29.8 Å². The molecule has 0 unspecified atom stereocenters. The molecule has 0 rings (SSSR count). The van der Waals surface area contributed by atoms with Gasteiger partial charge in [0, 0.05) is 24.0 Å². The van der Waals surface area contributed by atoms with Crippen LogP contribution in [0.25, 0.3) is 0 Å². The first kappa shape index (κ1) is 53.0. The van der Waals surface area contributed by atoms with Crippen LogP contribution in [0.15, 0.2) is 24.8 Å². The molecule has 0 aromatic carbocycles. The third-order valence-corrected chi connectivity index (χ3v) is 3.34. The molecular formula is C38H60O10. The lowest BCUT2D eigenvalue weighted by Gasteiger charge is -2.19. The van der Waals surface area contributed by atoms with Gasteiger partial charge in [0.25, 0.3) is 0 Å². The van der Waals surface area contributed by atoms with E-state index in [0.717, 1.165) is 6.08 Å². The van der Waals surface area contributed by atoms with E-state index in [0.29, 0.717) is 18.4 Å². The first-order chi connectivity index (χ1) is 21.4. The zero-order valence-electron chi connectivity index (χ0n) is 32.0. The van der Waals surface area contributed by atoms with E-state index >= 15 is 0 Å². The number of rotatable bonds is 6. The molecule has 0 aromatic heterocycles. The Bertz CT molecular complexity index is 1140. The van der Waals surface area contributed by atoms with Crippen LogP contribution in [0.1, 0.15) is 123 Å². The van der Waals surface area contributed by atoms with Gasteiger partial charge < -0.3 is 23.7 Å². The van der Waals surface area contributed by atoms with Gasteiger partial charge in [-0.1, -0.05) is 19.1 Å². The van der Waals surface area contributed by atoms with Crippen LogP contribution in [0.3, 0.4) is 0 Å². The van der Waals surface area contributed by atoms with Crippen molar-refractivity contribution in [3.05, 3.63) is 24.8 Å². The molecule has 272 valence electrons. The highest BCUT2D eigenvalue weighted by Crippen LogP contribution is 2.10. The molecule has 0 saturated carbocycles. The van der Waals surface area contributed by atoms with Gasteiger partial charge in [-0.05, 0) is 104 Å². The highest BCUT2D eigenvalue weighted by Gasteiger charge is 2.17. The summed E-state index contributed by atoms with van der Waals surface area (Å²) in [6.07, 6.45) is 16.6. The monoisotopic (exact) mass is 676 g/mol. The second-order valence-corrected chi connectivity index (χ2v) is 13.9. The van der Waals surface area contributed by atoms with E-state index in [2.05, 4.69) is 29.7 Å². The molecule has 0 bridgehead atoms. The van der Waals surface area contributed by atoms with Crippen LogP contribution < -0.4 is 0 Å². The van der Waals surface area contributed by atoms with Gasteiger partial charge in [-0.2, -0.15) is 0 Å². The van der Waals surface area contributed by atoms with Crippen molar-refractivity contribution in [2.75, 3.05) is 0 Å². The molecule has 0 aliphatic carbocycles. The fraction of sp³-hybridized carbons (Fsp3) is 0.605. The molecule has 0 amide bonds. The molecule has 0 N–H and O–H groups in total. The van der Waals surface area contributed by atoms with E-state index < -0.39 is 28.4 Å². The highest BCUT2D eigenvalue weighted by molar-refractivity contribution is 5.88. The normalized spacial score (nSPS) is 10.1. The number of terminal acetylenes is 3. The Hall–Kier alpha value is -4.49. The Morgan fingerprint density at radius 1 is 0.688 bits per heavy atom. The van der Waals surface area contributed by atoms with Gasteiger partial charge in [-0.25, -0.2) is 14.4 Å². The van der Waals surface area contributed by atoms with Crippen molar-refractivity contribution in [1.29, 1.82) is 0 Å². The second kappa shape index (κ2) is 26.6. The molecule has 0 aromatic rings. The molecular weight excluding hydrogens is 616 g/mol. The van der Waals surface area contributed by atoms with Crippen molar-refractivity contribution in [2.45, 2.75) is 152 Å². The molecule has 10 nitrogen and oxygen atoms in total. The maximum Gasteiger partial charge on any atom is 0.384 e. The fourth-order valence-electron chi connectivity index (χ4n) is 1.98. The van der Waals surface area contributed by atoms with Crippen LogP contribution in [-0.2, 0) is 47.7 Å². The summed E-state index contributed by atoms with van der Waals surface area (Å²) in [4.78, 5) is 53.1. The standard InChI is InChI=1S/C9H14O2.C8H14O2.C8H12O2.C7H10O2.C6H10O2/c1-5-6-7-8(10)11-9(2,3)4;1-6(2)7(9)10-8(3,4)5;1-5-6-7(9)10-8(2,3)4;1-5-6(8)9-7(2,3)4;1-4-6(7)8-5(2)3/h1H,6-7H2,2-4H3;1H2,2-5H3;1H,6H2,2-4H3;1H,2-4H3;4-5H,1H2,2-3H3. The van der Waals surface area contributed by atoms with Crippen molar-refractivity contribution in [3.63, 3.8) is 0 Å². The first-order valence-corrected chi connectivity index (χ1v) is 15.1. The zero-order chi connectivity index (χ0) is 39.5. The molecule has 0 fully saturated rings. The quantitative estimate of drug-likeness (QED) is 0.0945. The van der Waals surface area contributed by atoms with Gasteiger partial charge in [-0.15, -0.1) is 25.2 Å². The summed E-state index contributed by atoms with van der Waals surface area (Å²) in [6, 6.07) is 0. The topological polar surface area (TPSA) is 132 Å². The summed E-state index contributed by atoms with van der Waals surface area (Å²) in [5.74, 6) is 4.60. The van der Waals surface area contributed by atoms with Crippen LogP contribution >= 0.6 is 0 Å². The van der Waals surface area contributed by atoms with E-state index in [1.807, 2.05) is 47.5 Å². The van der Waals surface area contributed by atoms with Crippen molar-refractivity contribution in [1.82, 2.24) is 0 Å². The molecule has 10 heteroatoms. The van der Waals surface area contributed by atoms with Crippen molar-refractivity contribution in [3.8, 4) is 37.0 Å². The molecule has 48 heavy (non-hydrogen) atoms. The predicted octanol–water partition coefficient (Wildman–Crippen LogP) is 7.08. The van der Waals surface area contributed by atoms with Crippen LogP contribution in [0.4, 0.5) is 0 Å². The SMILES string of the molecule is C#CC(=O)OC(C)(C)C.C#CCC(=O)OC(C)(C)C.C#CCCC(=O)OC(C)(C)C.C=C(C)C(=O)OC(C)(C)C.C=CC(=O)OC(C)C. The number of esters is 5. The van der Waals surface area contributed by atoms with Gasteiger partial charge in [0.05, 0.1) is 12.5 Å². The summed E-state index contributed by atoms with van der Waals surface area (Å²) < 4.78 is 24.2. The van der Waals surface area contributed by atoms with Crippen LogP contribution in [0.5, 0.6) is 0 Å². The predicted molar refractivity (Wildman–Crippen MR) is 190 cm³/mol. The molecule has 0 heterocycles. The number of carbonyl (C=O) groups is 5. The summed E-state index contributed by atoms with van der Waals surface area (Å²) in [7, 11) is 0. The van der Waals surface area contributed by atoms with E-state index in [4.69, 9.17) is 38.2 Å². The molecule has 0 aliphatic heterocycles. The minimum Gasteiger partial charge on any atom is -0.460 e. The van der Waals surface area contributed by atoms with Crippen LogP contribution in [-0.4, -0.2) is 58.4 Å². The summed E-state index contributed by atoms with van der Waals surface area (Å²) in [5, 5.41) is 0. The third kappa shape index (κ3) is 57.2. The van der Waals surface area contributed by atoms with Gasteiger partial charge in [-0.3, -0.25) is 9.59 Å². The molecule has 0 spiro atoms. The van der Waals surface area contributed by atoms with Gasteiger partial charge in [0.15, 0.2) is 0 Å².